The Morgan fingerprint density at radius 1 is 1.12 bits per heavy atom. The summed E-state index contributed by atoms with van der Waals surface area (Å²) in [5, 5.41) is 10.8. The summed E-state index contributed by atoms with van der Waals surface area (Å²) in [6, 6.07) is 8.51. The molecule has 0 radical (unpaired) electrons. The van der Waals surface area contributed by atoms with Gasteiger partial charge in [-0.1, -0.05) is 30.3 Å². The number of methoxy groups -OCH3 is 2. The molecule has 1 heterocycles. The number of oxazole rings is 1. The van der Waals surface area contributed by atoms with Gasteiger partial charge in [-0.15, -0.1) is 0 Å². The Balaban J connectivity index is 2.79. The highest BCUT2D eigenvalue weighted by Crippen LogP contribution is 2.32. The van der Waals surface area contributed by atoms with Crippen LogP contribution in [-0.2, 0) is 19.1 Å². The molecule has 0 saturated carbocycles. The highest BCUT2D eigenvalue weighted by molar-refractivity contribution is 6.13. The summed E-state index contributed by atoms with van der Waals surface area (Å²) >= 11 is 0. The van der Waals surface area contributed by atoms with Gasteiger partial charge < -0.3 is 19.0 Å². The zero-order valence-electron chi connectivity index (χ0n) is 14.9. The number of carbonyl (C=O) groups is 2. The van der Waals surface area contributed by atoms with Crippen LogP contribution in [0, 0.1) is 13.8 Å². The van der Waals surface area contributed by atoms with Crippen LogP contribution in [0.2, 0.25) is 0 Å². The van der Waals surface area contributed by atoms with Crippen molar-refractivity contribution in [2.45, 2.75) is 13.8 Å². The molecule has 1 N–H and O–H groups in total. The number of nitrogens with zero attached hydrogens (tertiary/aromatic N) is 1. The first-order valence-corrected chi connectivity index (χ1v) is 7.70. The van der Waals surface area contributed by atoms with E-state index in [9.17, 15) is 14.7 Å². The molecule has 0 fully saturated rings. The number of ether oxygens (including phenoxy) is 2. The van der Waals surface area contributed by atoms with E-state index in [1.807, 2.05) is 0 Å². The fourth-order valence-electron chi connectivity index (χ4n) is 2.18. The summed E-state index contributed by atoms with van der Waals surface area (Å²) in [4.78, 5) is 28.3. The number of benzene rings is 1. The smallest absolute Gasteiger partial charge is 0.339 e. The van der Waals surface area contributed by atoms with E-state index < -0.39 is 11.9 Å². The van der Waals surface area contributed by atoms with Crippen LogP contribution in [0.5, 0.6) is 0 Å². The Labute approximate surface area is 150 Å². The molecule has 2 aromatic rings. The standard InChI is InChI=1S/C19H19NO6/c1-11-12(2)26-18(20-11)16(17(22)13-8-6-5-7-9-13)14(19(23)25-4)10-15(21)24-3/h5-10,22H,1-4H3/b14-10+,17-16+. The number of aromatic nitrogens is 1. The maximum Gasteiger partial charge on any atom is 0.339 e. The lowest BCUT2D eigenvalue weighted by atomic mass is 10.00. The first-order valence-electron chi connectivity index (χ1n) is 7.70. The Bertz CT molecular complexity index is 857. The van der Waals surface area contributed by atoms with E-state index in [1.54, 1.807) is 44.2 Å². The van der Waals surface area contributed by atoms with Gasteiger partial charge in [-0.3, -0.25) is 0 Å². The van der Waals surface area contributed by atoms with Gasteiger partial charge >= 0.3 is 11.9 Å². The second-order valence-electron chi connectivity index (χ2n) is 5.32. The van der Waals surface area contributed by atoms with E-state index in [2.05, 4.69) is 9.72 Å². The Morgan fingerprint density at radius 3 is 2.27 bits per heavy atom. The van der Waals surface area contributed by atoms with Gasteiger partial charge in [-0.2, -0.15) is 0 Å². The van der Waals surface area contributed by atoms with E-state index in [0.29, 0.717) is 17.0 Å². The van der Waals surface area contributed by atoms with Crippen LogP contribution in [0.1, 0.15) is 22.9 Å². The third-order valence-corrected chi connectivity index (χ3v) is 3.66. The summed E-state index contributed by atoms with van der Waals surface area (Å²) in [6.45, 7) is 3.42. The van der Waals surface area contributed by atoms with E-state index in [1.165, 1.54) is 7.11 Å². The fourth-order valence-corrected chi connectivity index (χ4v) is 2.18. The van der Waals surface area contributed by atoms with Gasteiger partial charge in [0.05, 0.1) is 31.1 Å². The third-order valence-electron chi connectivity index (χ3n) is 3.66. The molecule has 1 aromatic heterocycles. The van der Waals surface area contributed by atoms with Crippen molar-refractivity contribution in [3.05, 3.63) is 64.9 Å². The normalized spacial score (nSPS) is 12.4. The zero-order chi connectivity index (χ0) is 19.3. The maximum absolute atomic E-state index is 12.3. The Morgan fingerprint density at radius 2 is 1.77 bits per heavy atom. The van der Waals surface area contributed by atoms with E-state index in [4.69, 9.17) is 9.15 Å². The maximum atomic E-state index is 12.3. The van der Waals surface area contributed by atoms with Crippen molar-refractivity contribution in [2.24, 2.45) is 0 Å². The second kappa shape index (κ2) is 8.15. The number of hydrogen-bond acceptors (Lipinski definition) is 7. The lowest BCUT2D eigenvalue weighted by Crippen LogP contribution is -2.12. The van der Waals surface area contributed by atoms with E-state index in [0.717, 1.165) is 13.2 Å². The number of carbonyl (C=O) groups excluding carboxylic acids is 2. The molecule has 0 unspecified atom stereocenters. The topological polar surface area (TPSA) is 98.9 Å². The van der Waals surface area contributed by atoms with Crippen LogP contribution < -0.4 is 0 Å². The first-order chi connectivity index (χ1) is 12.4. The first kappa shape index (κ1) is 19.0. The van der Waals surface area contributed by atoms with Crippen LogP contribution in [0.25, 0.3) is 11.3 Å². The number of aliphatic hydroxyl groups is 1. The van der Waals surface area contributed by atoms with Crippen molar-refractivity contribution in [2.75, 3.05) is 14.2 Å². The lowest BCUT2D eigenvalue weighted by Gasteiger charge is -2.11. The van der Waals surface area contributed by atoms with Gasteiger partial charge in [0.25, 0.3) is 0 Å². The number of aryl methyl sites for hydroxylation is 2. The van der Waals surface area contributed by atoms with Gasteiger partial charge in [0, 0.05) is 11.6 Å². The van der Waals surface area contributed by atoms with Gasteiger partial charge in [0.2, 0.25) is 5.89 Å². The molecular weight excluding hydrogens is 338 g/mol. The molecule has 0 saturated heterocycles. The molecule has 0 aliphatic rings. The average Bonchev–Trinajstić information content (AvgIpc) is 2.99. The Hall–Kier alpha value is -3.35. The molecule has 0 aliphatic carbocycles. The zero-order valence-corrected chi connectivity index (χ0v) is 14.9. The summed E-state index contributed by atoms with van der Waals surface area (Å²) in [5.41, 5.74) is 0.697. The van der Waals surface area contributed by atoms with Crippen molar-refractivity contribution in [3.8, 4) is 0 Å². The van der Waals surface area contributed by atoms with Gasteiger partial charge in [0.1, 0.15) is 11.5 Å². The van der Waals surface area contributed by atoms with Crippen molar-refractivity contribution < 1.29 is 28.6 Å². The van der Waals surface area contributed by atoms with Gasteiger partial charge in [0.15, 0.2) is 0 Å². The predicted octanol–water partition coefficient (Wildman–Crippen LogP) is 2.99. The highest BCUT2D eigenvalue weighted by atomic mass is 16.5. The SMILES string of the molecule is COC(=O)/C=C(C(=O)OC)\C(=C(/O)c1ccccc1)c1nc(C)c(C)o1. The number of esters is 2. The third kappa shape index (κ3) is 4.00. The van der Waals surface area contributed by atoms with Gasteiger partial charge in [-0.25, -0.2) is 14.6 Å². The van der Waals surface area contributed by atoms with Crippen molar-refractivity contribution >= 4 is 23.3 Å². The highest BCUT2D eigenvalue weighted by Gasteiger charge is 2.27. The summed E-state index contributed by atoms with van der Waals surface area (Å²) < 4.78 is 14.9. The minimum Gasteiger partial charge on any atom is -0.506 e. The Kier molecular flexibility index (Phi) is 5.95. The summed E-state index contributed by atoms with van der Waals surface area (Å²) in [6.07, 6.45) is 0.926. The van der Waals surface area contributed by atoms with Crippen LogP contribution >= 0.6 is 0 Å². The second-order valence-corrected chi connectivity index (χ2v) is 5.32. The van der Waals surface area contributed by atoms with Crippen LogP contribution in [-0.4, -0.2) is 36.2 Å². The molecule has 0 aliphatic heterocycles. The van der Waals surface area contributed by atoms with Crippen molar-refractivity contribution in [1.29, 1.82) is 0 Å². The molecule has 7 nitrogen and oxygen atoms in total. The minimum atomic E-state index is -0.846. The van der Waals surface area contributed by atoms with Crippen molar-refractivity contribution in [1.82, 2.24) is 4.98 Å². The predicted molar refractivity (Wildman–Crippen MR) is 94.0 cm³/mol. The average molecular weight is 357 g/mol. The summed E-state index contributed by atoms with van der Waals surface area (Å²) in [5.74, 6) is -1.42. The monoisotopic (exact) mass is 357 g/mol. The van der Waals surface area contributed by atoms with Gasteiger partial charge in [-0.05, 0) is 13.8 Å². The molecule has 1 aromatic carbocycles. The fraction of sp³-hybridized carbons (Fsp3) is 0.211. The largest absolute Gasteiger partial charge is 0.506 e. The van der Waals surface area contributed by atoms with E-state index >= 15 is 0 Å². The number of hydrogen-bond donors (Lipinski definition) is 1. The van der Waals surface area contributed by atoms with Crippen LogP contribution in [0.4, 0.5) is 0 Å². The molecule has 0 spiro atoms. The number of rotatable bonds is 5. The lowest BCUT2D eigenvalue weighted by molar-refractivity contribution is -0.138. The molecule has 7 heteroatoms. The van der Waals surface area contributed by atoms with E-state index in [-0.39, 0.29) is 22.8 Å². The number of aliphatic hydroxyl groups excluding tert-OH is 1. The minimum absolute atomic E-state index is 0.0121. The summed E-state index contributed by atoms with van der Waals surface area (Å²) in [7, 11) is 2.34. The van der Waals surface area contributed by atoms with Crippen LogP contribution in [0.3, 0.4) is 0 Å². The quantitative estimate of drug-likeness (QED) is 0.380. The molecule has 2 rings (SSSR count). The molecule has 0 amide bonds. The molecule has 0 bridgehead atoms. The molecule has 0 atom stereocenters. The molecular formula is C19H19NO6. The molecule has 136 valence electrons. The van der Waals surface area contributed by atoms with Crippen molar-refractivity contribution in [3.63, 3.8) is 0 Å². The van der Waals surface area contributed by atoms with Crippen LogP contribution in [0.15, 0.2) is 46.4 Å². The molecule has 26 heavy (non-hydrogen) atoms.